The van der Waals surface area contributed by atoms with Crippen molar-refractivity contribution in [2.45, 2.75) is 6.54 Å². The normalized spacial score (nSPS) is 10.6. The Kier molecular flexibility index (Phi) is 4.15. The van der Waals surface area contributed by atoms with E-state index >= 15 is 0 Å². The molecule has 9 heteroatoms. The summed E-state index contributed by atoms with van der Waals surface area (Å²) in [6, 6.07) is 5.66. The SMILES string of the molecule is COc1ccc(CNc2cnc3nc(N)nc(N)c3n2)cc1OC. The highest BCUT2D eigenvalue weighted by atomic mass is 16.5. The molecule has 24 heavy (non-hydrogen) atoms. The molecule has 2 heterocycles. The van der Waals surface area contributed by atoms with Crippen molar-refractivity contribution < 1.29 is 9.47 Å². The Morgan fingerprint density at radius 3 is 2.58 bits per heavy atom. The summed E-state index contributed by atoms with van der Waals surface area (Å²) in [4.78, 5) is 16.4. The first kappa shape index (κ1) is 15.5. The third-order valence-corrected chi connectivity index (χ3v) is 3.37. The van der Waals surface area contributed by atoms with E-state index in [9.17, 15) is 0 Å². The molecule has 0 aliphatic carbocycles. The monoisotopic (exact) mass is 327 g/mol. The molecule has 0 atom stereocenters. The van der Waals surface area contributed by atoms with E-state index in [1.54, 1.807) is 20.4 Å². The molecule has 0 fully saturated rings. The van der Waals surface area contributed by atoms with Crippen LogP contribution in [0.2, 0.25) is 0 Å². The highest BCUT2D eigenvalue weighted by molar-refractivity contribution is 5.82. The highest BCUT2D eigenvalue weighted by Crippen LogP contribution is 2.27. The van der Waals surface area contributed by atoms with Crippen molar-refractivity contribution in [1.29, 1.82) is 0 Å². The van der Waals surface area contributed by atoms with Crippen LogP contribution >= 0.6 is 0 Å². The summed E-state index contributed by atoms with van der Waals surface area (Å²) in [5, 5.41) is 3.17. The molecule has 0 spiro atoms. The topological polar surface area (TPSA) is 134 Å². The summed E-state index contributed by atoms with van der Waals surface area (Å²) in [7, 11) is 3.19. The molecule has 0 radical (unpaired) electrons. The molecule has 2 aromatic heterocycles. The van der Waals surface area contributed by atoms with Gasteiger partial charge in [0, 0.05) is 6.54 Å². The van der Waals surface area contributed by atoms with Crippen molar-refractivity contribution >= 4 is 28.7 Å². The molecule has 5 N–H and O–H groups in total. The van der Waals surface area contributed by atoms with Crippen LogP contribution in [0.4, 0.5) is 17.6 Å². The van der Waals surface area contributed by atoms with Gasteiger partial charge in [-0.1, -0.05) is 6.07 Å². The van der Waals surface area contributed by atoms with E-state index in [0.717, 1.165) is 5.56 Å². The first-order chi connectivity index (χ1) is 11.6. The molecule has 0 aliphatic rings. The second kappa shape index (κ2) is 6.41. The van der Waals surface area contributed by atoms with E-state index in [0.29, 0.717) is 35.0 Å². The third-order valence-electron chi connectivity index (χ3n) is 3.37. The average Bonchev–Trinajstić information content (AvgIpc) is 2.59. The van der Waals surface area contributed by atoms with Crippen molar-refractivity contribution in [2.24, 2.45) is 0 Å². The van der Waals surface area contributed by atoms with Gasteiger partial charge in [-0.3, -0.25) is 0 Å². The number of hydrogen-bond acceptors (Lipinski definition) is 9. The molecule has 3 rings (SSSR count). The molecule has 0 saturated heterocycles. The highest BCUT2D eigenvalue weighted by Gasteiger charge is 2.08. The lowest BCUT2D eigenvalue weighted by atomic mass is 10.2. The molecule has 0 amide bonds. The van der Waals surface area contributed by atoms with Gasteiger partial charge in [-0.15, -0.1) is 0 Å². The first-order valence-electron chi connectivity index (χ1n) is 7.11. The number of benzene rings is 1. The summed E-state index contributed by atoms with van der Waals surface area (Å²) >= 11 is 0. The lowest BCUT2D eigenvalue weighted by Crippen LogP contribution is -2.06. The van der Waals surface area contributed by atoms with Gasteiger partial charge in [-0.25, -0.2) is 9.97 Å². The number of nitrogens with two attached hydrogens (primary N) is 2. The Morgan fingerprint density at radius 2 is 1.83 bits per heavy atom. The maximum Gasteiger partial charge on any atom is 0.224 e. The molecule has 3 aromatic rings. The van der Waals surface area contributed by atoms with Crippen LogP contribution in [-0.2, 0) is 6.54 Å². The van der Waals surface area contributed by atoms with E-state index in [4.69, 9.17) is 20.9 Å². The number of hydrogen-bond donors (Lipinski definition) is 3. The molecule has 124 valence electrons. The van der Waals surface area contributed by atoms with Crippen LogP contribution in [0, 0.1) is 0 Å². The number of methoxy groups -OCH3 is 2. The Balaban J connectivity index is 1.80. The van der Waals surface area contributed by atoms with Crippen LogP contribution < -0.4 is 26.3 Å². The number of aromatic nitrogens is 4. The smallest absolute Gasteiger partial charge is 0.224 e. The van der Waals surface area contributed by atoms with E-state index in [1.165, 1.54) is 0 Å². The zero-order valence-electron chi connectivity index (χ0n) is 13.3. The van der Waals surface area contributed by atoms with Crippen LogP contribution in [0.5, 0.6) is 11.5 Å². The van der Waals surface area contributed by atoms with Gasteiger partial charge in [-0.2, -0.15) is 9.97 Å². The number of rotatable bonds is 5. The third kappa shape index (κ3) is 3.05. The minimum atomic E-state index is 0.0698. The van der Waals surface area contributed by atoms with Crippen LogP contribution in [0.1, 0.15) is 5.56 Å². The van der Waals surface area contributed by atoms with E-state index in [2.05, 4.69) is 25.3 Å². The van der Waals surface area contributed by atoms with Gasteiger partial charge in [0.1, 0.15) is 5.82 Å². The molecule has 9 nitrogen and oxygen atoms in total. The molecule has 0 saturated carbocycles. The molecular weight excluding hydrogens is 310 g/mol. The largest absolute Gasteiger partial charge is 0.493 e. The van der Waals surface area contributed by atoms with Gasteiger partial charge >= 0.3 is 0 Å². The lowest BCUT2D eigenvalue weighted by molar-refractivity contribution is 0.354. The fraction of sp³-hybridized carbons (Fsp3) is 0.200. The second-order valence-corrected chi connectivity index (χ2v) is 4.94. The van der Waals surface area contributed by atoms with Gasteiger partial charge in [-0.05, 0) is 17.7 Å². The minimum Gasteiger partial charge on any atom is -0.493 e. The van der Waals surface area contributed by atoms with Crippen LogP contribution in [-0.4, -0.2) is 34.2 Å². The van der Waals surface area contributed by atoms with Gasteiger partial charge in [0.25, 0.3) is 0 Å². The maximum atomic E-state index is 5.81. The summed E-state index contributed by atoms with van der Waals surface area (Å²) in [5.74, 6) is 2.15. The first-order valence-corrected chi connectivity index (χ1v) is 7.11. The van der Waals surface area contributed by atoms with Crippen molar-refractivity contribution in [3.63, 3.8) is 0 Å². The molecule has 1 aromatic carbocycles. The van der Waals surface area contributed by atoms with Gasteiger partial charge < -0.3 is 26.3 Å². The summed E-state index contributed by atoms with van der Waals surface area (Å²) in [6.45, 7) is 0.524. The van der Waals surface area contributed by atoms with E-state index in [1.807, 2.05) is 18.2 Å². The zero-order chi connectivity index (χ0) is 17.1. The van der Waals surface area contributed by atoms with Gasteiger partial charge in [0.2, 0.25) is 5.95 Å². The zero-order valence-corrected chi connectivity index (χ0v) is 13.3. The standard InChI is InChI=1S/C15H17N7O2/c1-23-9-4-3-8(5-10(9)24-2)6-18-11-7-19-14-12(20-11)13(16)21-15(17)22-14/h3-5,7H,6H2,1-2H3,(H,18,20)(H4,16,17,19,21,22). The molecular formula is C15H17N7O2. The Morgan fingerprint density at radius 1 is 1.04 bits per heavy atom. The summed E-state index contributed by atoms with van der Waals surface area (Å²) in [5.41, 5.74) is 13.1. The summed E-state index contributed by atoms with van der Waals surface area (Å²) in [6.07, 6.45) is 1.56. The summed E-state index contributed by atoms with van der Waals surface area (Å²) < 4.78 is 10.5. The Hall–Kier alpha value is -3.36. The van der Waals surface area contributed by atoms with Crippen LogP contribution in [0.25, 0.3) is 11.2 Å². The van der Waals surface area contributed by atoms with Gasteiger partial charge in [0.05, 0.1) is 20.4 Å². The molecule has 0 unspecified atom stereocenters. The Labute approximate surface area is 138 Å². The predicted molar refractivity (Wildman–Crippen MR) is 90.8 cm³/mol. The predicted octanol–water partition coefficient (Wildman–Crippen LogP) is 1.21. The quantitative estimate of drug-likeness (QED) is 0.632. The maximum absolute atomic E-state index is 5.81. The number of nitrogen functional groups attached to an aromatic ring is 2. The number of nitrogens with one attached hydrogen (secondary N) is 1. The van der Waals surface area contributed by atoms with E-state index in [-0.39, 0.29) is 11.8 Å². The van der Waals surface area contributed by atoms with Crippen molar-refractivity contribution in [1.82, 2.24) is 19.9 Å². The van der Waals surface area contributed by atoms with E-state index < -0.39 is 0 Å². The van der Waals surface area contributed by atoms with Crippen LogP contribution in [0.15, 0.2) is 24.4 Å². The van der Waals surface area contributed by atoms with Crippen molar-refractivity contribution in [3.8, 4) is 11.5 Å². The second-order valence-electron chi connectivity index (χ2n) is 4.94. The number of fused-ring (bicyclic) bond motifs is 1. The fourth-order valence-corrected chi connectivity index (χ4v) is 2.21. The van der Waals surface area contributed by atoms with Crippen molar-refractivity contribution in [3.05, 3.63) is 30.0 Å². The number of nitrogens with zero attached hydrogens (tertiary/aromatic N) is 4. The molecule has 0 bridgehead atoms. The Bertz CT molecular complexity index is 885. The van der Waals surface area contributed by atoms with Crippen LogP contribution in [0.3, 0.4) is 0 Å². The minimum absolute atomic E-state index is 0.0698. The number of anilines is 3. The van der Waals surface area contributed by atoms with Gasteiger partial charge in [0.15, 0.2) is 28.5 Å². The average molecular weight is 327 g/mol. The van der Waals surface area contributed by atoms with Crippen molar-refractivity contribution in [2.75, 3.05) is 31.0 Å². The fourth-order valence-electron chi connectivity index (χ4n) is 2.21. The molecule has 0 aliphatic heterocycles. The number of ether oxygens (including phenoxy) is 2. The lowest BCUT2D eigenvalue weighted by Gasteiger charge is -2.11.